The first-order valence-electron chi connectivity index (χ1n) is 3.91. The van der Waals surface area contributed by atoms with Gasteiger partial charge in [0.15, 0.2) is 5.05 Å². The summed E-state index contributed by atoms with van der Waals surface area (Å²) in [5, 5.41) is 0.295. The Labute approximate surface area is 78.0 Å². The number of thiocarbonyl (C=S) groups is 1. The number of esters is 1. The SMILES string of the molecule is CCOC(=O)CC(=S)OC(C)C. The largest absolute Gasteiger partial charge is 0.484 e. The van der Waals surface area contributed by atoms with E-state index < -0.39 is 0 Å². The van der Waals surface area contributed by atoms with Crippen LogP contribution in [0.25, 0.3) is 0 Å². The molecule has 0 radical (unpaired) electrons. The van der Waals surface area contributed by atoms with Crippen LogP contribution in [0.1, 0.15) is 27.2 Å². The fourth-order valence-electron chi connectivity index (χ4n) is 0.634. The maximum Gasteiger partial charge on any atom is 0.314 e. The van der Waals surface area contributed by atoms with E-state index in [0.717, 1.165) is 0 Å². The third kappa shape index (κ3) is 6.09. The molecule has 0 aromatic rings. The molecule has 0 rings (SSSR count). The van der Waals surface area contributed by atoms with Gasteiger partial charge in [-0.2, -0.15) is 0 Å². The van der Waals surface area contributed by atoms with Crippen molar-refractivity contribution in [2.24, 2.45) is 0 Å². The van der Waals surface area contributed by atoms with Crippen LogP contribution in [0.15, 0.2) is 0 Å². The van der Waals surface area contributed by atoms with Gasteiger partial charge in [-0.1, -0.05) is 0 Å². The summed E-state index contributed by atoms with van der Waals surface area (Å²) in [6.07, 6.45) is 0.0911. The lowest BCUT2D eigenvalue weighted by molar-refractivity contribution is -0.141. The molecule has 0 aliphatic heterocycles. The Morgan fingerprint density at radius 2 is 2.08 bits per heavy atom. The van der Waals surface area contributed by atoms with Gasteiger partial charge in [0.2, 0.25) is 0 Å². The van der Waals surface area contributed by atoms with E-state index in [4.69, 9.17) is 17.0 Å². The molecule has 0 saturated carbocycles. The molecule has 0 aliphatic carbocycles. The Kier molecular flexibility index (Phi) is 5.62. The van der Waals surface area contributed by atoms with Crippen LogP contribution < -0.4 is 0 Å². The summed E-state index contributed by atoms with van der Waals surface area (Å²) in [5.74, 6) is -0.330. The molecule has 0 saturated heterocycles. The number of rotatable bonds is 4. The number of carbonyl (C=O) groups excluding carboxylic acids is 1. The molecule has 3 nitrogen and oxygen atoms in total. The smallest absolute Gasteiger partial charge is 0.314 e. The minimum absolute atomic E-state index is 0.0203. The van der Waals surface area contributed by atoms with Gasteiger partial charge in [-0.25, -0.2) is 0 Å². The van der Waals surface area contributed by atoms with Gasteiger partial charge < -0.3 is 9.47 Å². The van der Waals surface area contributed by atoms with Gasteiger partial charge in [0.1, 0.15) is 6.42 Å². The lowest BCUT2D eigenvalue weighted by atomic mass is 10.4. The zero-order valence-corrected chi connectivity index (χ0v) is 8.44. The van der Waals surface area contributed by atoms with Crippen molar-refractivity contribution >= 4 is 23.2 Å². The Bertz CT molecular complexity index is 166. The molecule has 4 heteroatoms. The summed E-state index contributed by atoms with van der Waals surface area (Å²) >= 11 is 4.80. The van der Waals surface area contributed by atoms with Crippen molar-refractivity contribution in [3.8, 4) is 0 Å². The summed E-state index contributed by atoms with van der Waals surface area (Å²) in [6, 6.07) is 0. The number of hydrogen-bond donors (Lipinski definition) is 0. The van der Waals surface area contributed by atoms with E-state index in [1.807, 2.05) is 13.8 Å². The molecule has 0 unspecified atom stereocenters. The molecule has 0 heterocycles. The lowest BCUT2D eigenvalue weighted by Gasteiger charge is -2.09. The Hall–Kier alpha value is -0.640. The Balaban J connectivity index is 3.62. The van der Waals surface area contributed by atoms with Gasteiger partial charge in [-0.05, 0) is 33.0 Å². The molecule has 0 amide bonds. The van der Waals surface area contributed by atoms with Crippen molar-refractivity contribution < 1.29 is 14.3 Å². The van der Waals surface area contributed by atoms with Crippen LogP contribution in [0, 0.1) is 0 Å². The number of hydrogen-bond acceptors (Lipinski definition) is 4. The zero-order valence-electron chi connectivity index (χ0n) is 7.62. The average molecular weight is 190 g/mol. The molecule has 0 aliphatic rings. The van der Waals surface area contributed by atoms with Gasteiger partial charge in [0, 0.05) is 0 Å². The molecular formula is C8H14O3S. The molecule has 0 aromatic carbocycles. The van der Waals surface area contributed by atoms with E-state index in [1.165, 1.54) is 0 Å². The first kappa shape index (κ1) is 11.4. The Morgan fingerprint density at radius 1 is 1.50 bits per heavy atom. The van der Waals surface area contributed by atoms with Crippen molar-refractivity contribution in [3.63, 3.8) is 0 Å². The fraction of sp³-hybridized carbons (Fsp3) is 0.750. The van der Waals surface area contributed by atoms with E-state index in [2.05, 4.69) is 4.74 Å². The van der Waals surface area contributed by atoms with E-state index in [-0.39, 0.29) is 18.5 Å². The van der Waals surface area contributed by atoms with Crippen molar-refractivity contribution in [2.45, 2.75) is 33.3 Å². The molecule has 12 heavy (non-hydrogen) atoms. The fourth-order valence-corrected chi connectivity index (χ4v) is 0.945. The lowest BCUT2D eigenvalue weighted by Crippen LogP contribution is -2.15. The summed E-state index contributed by atoms with van der Waals surface area (Å²) in [6.45, 7) is 5.85. The van der Waals surface area contributed by atoms with Crippen LogP contribution in [-0.2, 0) is 14.3 Å². The zero-order chi connectivity index (χ0) is 9.56. The monoisotopic (exact) mass is 190 g/mol. The normalized spacial score (nSPS) is 9.67. The van der Waals surface area contributed by atoms with Gasteiger partial charge in [0.25, 0.3) is 0 Å². The molecule has 0 spiro atoms. The summed E-state index contributed by atoms with van der Waals surface area (Å²) in [5.41, 5.74) is 0. The third-order valence-electron chi connectivity index (χ3n) is 0.961. The van der Waals surface area contributed by atoms with Crippen LogP contribution >= 0.6 is 12.2 Å². The number of ether oxygens (including phenoxy) is 2. The second-order valence-electron chi connectivity index (χ2n) is 2.52. The summed E-state index contributed by atoms with van der Waals surface area (Å²) in [7, 11) is 0. The van der Waals surface area contributed by atoms with E-state index in [9.17, 15) is 4.79 Å². The maximum absolute atomic E-state index is 10.8. The van der Waals surface area contributed by atoms with Crippen molar-refractivity contribution in [1.82, 2.24) is 0 Å². The first-order chi connectivity index (χ1) is 5.56. The van der Waals surface area contributed by atoms with Crippen molar-refractivity contribution in [2.75, 3.05) is 6.61 Å². The van der Waals surface area contributed by atoms with Gasteiger partial charge in [0.05, 0.1) is 12.7 Å². The quantitative estimate of drug-likeness (QED) is 0.499. The van der Waals surface area contributed by atoms with E-state index in [1.54, 1.807) is 6.92 Å². The Morgan fingerprint density at radius 3 is 2.50 bits per heavy atom. The second kappa shape index (κ2) is 5.94. The predicted molar refractivity (Wildman–Crippen MR) is 50.1 cm³/mol. The third-order valence-corrected chi connectivity index (χ3v) is 1.20. The van der Waals surface area contributed by atoms with Crippen LogP contribution in [0.4, 0.5) is 0 Å². The highest BCUT2D eigenvalue weighted by Gasteiger charge is 2.08. The predicted octanol–water partition coefficient (Wildman–Crippen LogP) is 1.69. The minimum Gasteiger partial charge on any atom is -0.484 e. The molecule has 0 fully saturated rings. The van der Waals surface area contributed by atoms with Crippen molar-refractivity contribution in [1.29, 1.82) is 0 Å². The topological polar surface area (TPSA) is 35.5 Å². The van der Waals surface area contributed by atoms with Crippen LogP contribution in [0.5, 0.6) is 0 Å². The van der Waals surface area contributed by atoms with E-state index in [0.29, 0.717) is 11.7 Å². The van der Waals surface area contributed by atoms with Gasteiger partial charge in [-0.15, -0.1) is 0 Å². The highest BCUT2D eigenvalue weighted by atomic mass is 32.1. The summed E-state index contributed by atoms with van der Waals surface area (Å²) in [4.78, 5) is 10.8. The standard InChI is InChI=1S/C8H14O3S/c1-4-10-7(9)5-8(12)11-6(2)3/h6H,4-5H2,1-3H3. The second-order valence-corrected chi connectivity index (χ2v) is 2.98. The molecular weight excluding hydrogens is 176 g/mol. The molecule has 0 N–H and O–H groups in total. The van der Waals surface area contributed by atoms with Crippen LogP contribution in [-0.4, -0.2) is 23.7 Å². The van der Waals surface area contributed by atoms with E-state index >= 15 is 0 Å². The van der Waals surface area contributed by atoms with Gasteiger partial charge in [-0.3, -0.25) is 4.79 Å². The first-order valence-corrected chi connectivity index (χ1v) is 4.32. The highest BCUT2D eigenvalue weighted by Crippen LogP contribution is 1.97. The highest BCUT2D eigenvalue weighted by molar-refractivity contribution is 7.80. The summed E-state index contributed by atoms with van der Waals surface area (Å²) < 4.78 is 9.79. The molecule has 0 atom stereocenters. The molecule has 70 valence electrons. The van der Waals surface area contributed by atoms with Crippen LogP contribution in [0.2, 0.25) is 0 Å². The molecule has 0 bridgehead atoms. The minimum atomic E-state index is -0.330. The molecule has 0 aromatic heterocycles. The maximum atomic E-state index is 10.8. The van der Waals surface area contributed by atoms with Crippen molar-refractivity contribution in [3.05, 3.63) is 0 Å². The van der Waals surface area contributed by atoms with Gasteiger partial charge >= 0.3 is 5.97 Å². The number of carbonyl (C=O) groups is 1. The average Bonchev–Trinajstić information content (AvgIpc) is 1.84. The van der Waals surface area contributed by atoms with Crippen LogP contribution in [0.3, 0.4) is 0 Å².